The first-order valence-corrected chi connectivity index (χ1v) is 14.9. The van der Waals surface area contributed by atoms with Gasteiger partial charge in [0.25, 0.3) is 0 Å². The number of nitrogens with zero attached hydrogens (tertiary/aromatic N) is 5. The van der Waals surface area contributed by atoms with Gasteiger partial charge in [-0.25, -0.2) is 14.6 Å². The van der Waals surface area contributed by atoms with Crippen LogP contribution in [0.5, 0.6) is 5.75 Å². The van der Waals surface area contributed by atoms with E-state index in [1.165, 1.54) is 53.0 Å². The molecular weight excluding hydrogens is 558 g/mol. The number of aromatic nitrogens is 1. The van der Waals surface area contributed by atoms with Crippen LogP contribution in [0.4, 0.5) is 16.5 Å². The van der Waals surface area contributed by atoms with Crippen LogP contribution in [0, 0.1) is 11.3 Å². The number of thiophene rings is 1. The van der Waals surface area contributed by atoms with Gasteiger partial charge in [0.05, 0.1) is 22.6 Å². The third-order valence-electron chi connectivity index (χ3n) is 5.98. The number of nitriles is 1. The third-order valence-corrected chi connectivity index (χ3v) is 7.98. The molecule has 11 heteroatoms. The number of fused-ring (bicyclic) bond motifs is 1. The first kappa shape index (κ1) is 29.6. The number of rotatable bonds is 12. The summed E-state index contributed by atoms with van der Waals surface area (Å²) in [5.74, 6) is -1.01. The number of carbonyl (C=O) groups excluding carboxylic acids is 2. The lowest BCUT2D eigenvalue weighted by Gasteiger charge is -2.20. The monoisotopic (exact) mass is 587 g/mol. The molecule has 41 heavy (non-hydrogen) atoms. The first-order chi connectivity index (χ1) is 19.9. The topological polar surface area (TPSA) is 117 Å². The van der Waals surface area contributed by atoms with Crippen LogP contribution < -0.4 is 9.64 Å². The summed E-state index contributed by atoms with van der Waals surface area (Å²) in [6.07, 6.45) is 3.19. The molecule has 0 saturated carbocycles. The molecule has 0 unspecified atom stereocenters. The zero-order valence-corrected chi connectivity index (χ0v) is 24.6. The largest absolute Gasteiger partial charge is 0.462 e. The van der Waals surface area contributed by atoms with E-state index in [4.69, 9.17) is 9.47 Å². The predicted octanol–water partition coefficient (Wildman–Crippen LogP) is 8.09. The number of unbranched alkanes of at least 4 members (excludes halogenated alkanes) is 1. The summed E-state index contributed by atoms with van der Waals surface area (Å²) in [7, 11) is 0. The van der Waals surface area contributed by atoms with E-state index in [-0.39, 0.29) is 11.3 Å². The lowest BCUT2D eigenvalue weighted by atomic mass is 10.2. The molecule has 0 atom stereocenters. The second-order valence-electron chi connectivity index (χ2n) is 8.78. The number of hydrogen-bond acceptors (Lipinski definition) is 11. The van der Waals surface area contributed by atoms with Gasteiger partial charge >= 0.3 is 11.9 Å². The van der Waals surface area contributed by atoms with Crippen molar-refractivity contribution in [2.45, 2.75) is 33.6 Å². The van der Waals surface area contributed by atoms with E-state index in [0.29, 0.717) is 22.2 Å². The number of esters is 2. The van der Waals surface area contributed by atoms with Gasteiger partial charge in [-0.05, 0) is 80.9 Å². The molecule has 4 rings (SSSR count). The minimum absolute atomic E-state index is 0.157. The second kappa shape index (κ2) is 14.3. The van der Waals surface area contributed by atoms with Crippen molar-refractivity contribution in [3.63, 3.8) is 0 Å². The molecule has 0 aliphatic carbocycles. The van der Waals surface area contributed by atoms with Crippen molar-refractivity contribution >= 4 is 66.7 Å². The van der Waals surface area contributed by atoms with Crippen molar-refractivity contribution in [2.75, 3.05) is 24.6 Å². The minimum atomic E-state index is -0.794. The van der Waals surface area contributed by atoms with Crippen LogP contribution in [0.15, 0.2) is 70.4 Å². The third kappa shape index (κ3) is 7.84. The standard InChI is InChI=1S/C30H29N5O4S2/c1-4-7-16-38-28(36)20-8-14-24(15-9-20)39-29(37)21(19-31)17-25-18-26-27(40-25)32-30(41-26)34-33-22-10-12-23(13-11-22)35(5-2)6-3/h8-15,17-18H,4-7,16H2,1-3H3/b21-17+,34-33?. The summed E-state index contributed by atoms with van der Waals surface area (Å²) in [6.45, 7) is 8.49. The summed E-state index contributed by atoms with van der Waals surface area (Å²) < 4.78 is 11.4. The van der Waals surface area contributed by atoms with Crippen LogP contribution in [0.1, 0.15) is 48.8 Å². The van der Waals surface area contributed by atoms with Crippen LogP contribution in [-0.4, -0.2) is 36.6 Å². The molecule has 0 aliphatic heterocycles. The number of azo groups is 1. The molecule has 0 bridgehead atoms. The van der Waals surface area contributed by atoms with Crippen molar-refractivity contribution < 1.29 is 19.1 Å². The van der Waals surface area contributed by atoms with Gasteiger partial charge in [0.15, 0.2) is 0 Å². The summed E-state index contributed by atoms with van der Waals surface area (Å²) in [5, 5.41) is 18.7. The lowest BCUT2D eigenvalue weighted by Crippen LogP contribution is -2.21. The molecule has 2 heterocycles. The van der Waals surface area contributed by atoms with Gasteiger partial charge in [-0.1, -0.05) is 24.7 Å². The Kier molecular flexibility index (Phi) is 10.3. The maximum Gasteiger partial charge on any atom is 0.354 e. The summed E-state index contributed by atoms with van der Waals surface area (Å²) in [4.78, 5) is 32.8. The van der Waals surface area contributed by atoms with Gasteiger partial charge < -0.3 is 14.4 Å². The molecule has 2 aromatic heterocycles. The average Bonchev–Trinajstić information content (AvgIpc) is 3.55. The molecule has 210 valence electrons. The molecule has 0 spiro atoms. The van der Waals surface area contributed by atoms with E-state index in [9.17, 15) is 14.9 Å². The quantitative estimate of drug-likeness (QED) is 0.0410. The first-order valence-electron chi connectivity index (χ1n) is 13.2. The highest BCUT2D eigenvalue weighted by molar-refractivity contribution is 7.29. The van der Waals surface area contributed by atoms with Gasteiger partial charge in [-0.3, -0.25) is 0 Å². The molecule has 9 nitrogen and oxygen atoms in total. The molecule has 4 aromatic rings. The van der Waals surface area contributed by atoms with Crippen LogP contribution in [0.2, 0.25) is 0 Å². The van der Waals surface area contributed by atoms with Crippen LogP contribution in [-0.2, 0) is 9.53 Å². The SMILES string of the molecule is CCCCOC(=O)c1ccc(OC(=O)/C(C#N)=C/c2cc3sc(N=Nc4ccc(N(CC)CC)cc4)nc3s2)cc1. The fourth-order valence-electron chi connectivity index (χ4n) is 3.77. The second-order valence-corrected chi connectivity index (χ2v) is 10.8. The normalized spacial score (nSPS) is 11.5. The van der Waals surface area contributed by atoms with E-state index >= 15 is 0 Å². The van der Waals surface area contributed by atoms with Crippen molar-refractivity contribution in [2.24, 2.45) is 10.2 Å². The predicted molar refractivity (Wildman–Crippen MR) is 163 cm³/mol. The zero-order valence-electron chi connectivity index (χ0n) is 23.0. The van der Waals surface area contributed by atoms with Gasteiger partial charge in [-0.15, -0.1) is 21.6 Å². The minimum Gasteiger partial charge on any atom is -0.462 e. The maximum atomic E-state index is 12.6. The fourth-order valence-corrected chi connectivity index (χ4v) is 5.75. The maximum absolute atomic E-state index is 12.6. The Balaban J connectivity index is 1.38. The number of hydrogen-bond donors (Lipinski definition) is 0. The van der Waals surface area contributed by atoms with Gasteiger partial charge in [0, 0.05) is 23.7 Å². The molecule has 0 fully saturated rings. The van der Waals surface area contributed by atoms with E-state index in [2.05, 4.69) is 34.0 Å². The highest BCUT2D eigenvalue weighted by atomic mass is 32.1. The van der Waals surface area contributed by atoms with Crippen LogP contribution in [0.25, 0.3) is 15.6 Å². The highest BCUT2D eigenvalue weighted by Crippen LogP contribution is 2.36. The summed E-state index contributed by atoms with van der Waals surface area (Å²) >= 11 is 2.71. The number of thiazole rings is 1. The number of anilines is 1. The van der Waals surface area contributed by atoms with E-state index < -0.39 is 11.9 Å². The fraction of sp³-hybridized carbons (Fsp3) is 0.267. The number of carbonyl (C=O) groups is 2. The van der Waals surface area contributed by atoms with Crippen LogP contribution >= 0.6 is 22.7 Å². The van der Waals surface area contributed by atoms with Gasteiger partial charge in [0.2, 0.25) is 5.13 Å². The van der Waals surface area contributed by atoms with Crippen molar-refractivity contribution in [1.82, 2.24) is 4.98 Å². The lowest BCUT2D eigenvalue weighted by molar-refractivity contribution is -0.129. The Morgan fingerprint density at radius 1 is 1.02 bits per heavy atom. The summed E-state index contributed by atoms with van der Waals surface area (Å²) in [5.41, 5.74) is 2.08. The molecule has 0 radical (unpaired) electrons. The Hall–Kier alpha value is -4.40. The highest BCUT2D eigenvalue weighted by Gasteiger charge is 2.15. The molecule has 0 aliphatic rings. The average molecular weight is 588 g/mol. The zero-order chi connectivity index (χ0) is 29.2. The van der Waals surface area contributed by atoms with Crippen molar-refractivity contribution in [3.8, 4) is 11.8 Å². The van der Waals surface area contributed by atoms with Gasteiger partial charge in [-0.2, -0.15) is 5.26 Å². The Morgan fingerprint density at radius 3 is 2.39 bits per heavy atom. The van der Waals surface area contributed by atoms with E-state index in [1.54, 1.807) is 0 Å². The van der Waals surface area contributed by atoms with E-state index in [1.807, 2.05) is 43.3 Å². The van der Waals surface area contributed by atoms with Crippen molar-refractivity contribution in [1.29, 1.82) is 5.26 Å². The van der Waals surface area contributed by atoms with Crippen molar-refractivity contribution in [3.05, 3.63) is 70.6 Å². The number of ether oxygens (including phenoxy) is 2. The number of benzene rings is 2. The van der Waals surface area contributed by atoms with Crippen LogP contribution in [0.3, 0.4) is 0 Å². The smallest absolute Gasteiger partial charge is 0.354 e. The molecular formula is C30H29N5O4S2. The molecule has 0 saturated heterocycles. The Morgan fingerprint density at radius 2 is 1.76 bits per heavy atom. The van der Waals surface area contributed by atoms with Gasteiger partial charge in [0.1, 0.15) is 22.2 Å². The molecule has 2 aromatic carbocycles. The Bertz CT molecular complexity index is 1560. The Labute approximate surface area is 246 Å². The van der Waals surface area contributed by atoms with E-state index in [0.717, 1.165) is 46.8 Å². The molecule has 0 amide bonds. The summed E-state index contributed by atoms with van der Waals surface area (Å²) in [6, 6.07) is 17.7. The molecule has 0 N–H and O–H groups in total.